The van der Waals surface area contributed by atoms with Gasteiger partial charge in [0, 0.05) is 21.1 Å². The zero-order valence-electron chi connectivity index (χ0n) is 12.8. The fraction of sp³-hybridized carbons (Fsp3) is 0.333. The molecule has 0 amide bonds. The van der Waals surface area contributed by atoms with Gasteiger partial charge >= 0.3 is 5.69 Å². The summed E-state index contributed by atoms with van der Waals surface area (Å²) in [4.78, 5) is 26.4. The van der Waals surface area contributed by atoms with Crippen LogP contribution in [-0.4, -0.2) is 23.2 Å². The highest BCUT2D eigenvalue weighted by molar-refractivity contribution is 5.61. The smallest absolute Gasteiger partial charge is 0.332 e. The monoisotopic (exact) mass is 288 g/mol. The van der Waals surface area contributed by atoms with Crippen molar-refractivity contribution in [3.05, 3.63) is 56.2 Å². The third-order valence-electron chi connectivity index (χ3n) is 3.48. The SMILES string of the molecule is Cc1ccc(Cn2c(=O)c(N(C)C)c(N)n(C)c2=O)cc1. The molecule has 0 radical (unpaired) electrons. The van der Waals surface area contributed by atoms with Gasteiger partial charge in [0.1, 0.15) is 11.5 Å². The van der Waals surface area contributed by atoms with Crippen molar-refractivity contribution in [1.82, 2.24) is 9.13 Å². The lowest BCUT2D eigenvalue weighted by Gasteiger charge is -2.18. The summed E-state index contributed by atoms with van der Waals surface area (Å²) in [7, 11) is 5.03. The molecule has 0 saturated carbocycles. The van der Waals surface area contributed by atoms with Crippen molar-refractivity contribution in [1.29, 1.82) is 0 Å². The highest BCUT2D eigenvalue weighted by Gasteiger charge is 2.16. The summed E-state index contributed by atoms with van der Waals surface area (Å²) in [5.41, 5.74) is 7.44. The molecule has 0 spiro atoms. The minimum absolute atomic E-state index is 0.176. The van der Waals surface area contributed by atoms with Crippen LogP contribution in [0.5, 0.6) is 0 Å². The van der Waals surface area contributed by atoms with Gasteiger partial charge in [-0.3, -0.25) is 13.9 Å². The van der Waals surface area contributed by atoms with Crippen LogP contribution in [0.3, 0.4) is 0 Å². The number of nitrogens with zero attached hydrogens (tertiary/aromatic N) is 3. The second kappa shape index (κ2) is 5.47. The Labute approximate surface area is 123 Å². The topological polar surface area (TPSA) is 73.3 Å². The Morgan fingerprint density at radius 2 is 1.71 bits per heavy atom. The highest BCUT2D eigenvalue weighted by Crippen LogP contribution is 2.13. The summed E-state index contributed by atoms with van der Waals surface area (Å²) in [6.45, 7) is 2.22. The van der Waals surface area contributed by atoms with E-state index in [0.29, 0.717) is 5.69 Å². The van der Waals surface area contributed by atoms with Gasteiger partial charge in [-0.15, -0.1) is 0 Å². The first-order valence-electron chi connectivity index (χ1n) is 6.65. The van der Waals surface area contributed by atoms with Gasteiger partial charge in [0.05, 0.1) is 6.54 Å². The third kappa shape index (κ3) is 2.69. The van der Waals surface area contributed by atoms with Gasteiger partial charge in [-0.25, -0.2) is 4.79 Å². The summed E-state index contributed by atoms with van der Waals surface area (Å²) in [5.74, 6) is 0.176. The summed E-state index contributed by atoms with van der Waals surface area (Å²) in [6.07, 6.45) is 0. The summed E-state index contributed by atoms with van der Waals surface area (Å²) in [6, 6.07) is 7.73. The summed E-state index contributed by atoms with van der Waals surface area (Å²) in [5, 5.41) is 0. The number of benzene rings is 1. The second-order valence-electron chi connectivity index (χ2n) is 5.35. The van der Waals surface area contributed by atoms with E-state index in [-0.39, 0.29) is 17.9 Å². The number of hydrogen-bond acceptors (Lipinski definition) is 4. The van der Waals surface area contributed by atoms with Crippen molar-refractivity contribution in [3.8, 4) is 0 Å². The predicted molar refractivity (Wildman–Crippen MR) is 85.0 cm³/mol. The standard InChI is InChI=1S/C15H20N4O2/c1-10-5-7-11(8-6-10)9-19-14(20)12(17(2)3)13(16)18(4)15(19)21/h5-8H,9,16H2,1-4H3. The maximum Gasteiger partial charge on any atom is 0.332 e. The van der Waals surface area contributed by atoms with Gasteiger partial charge in [-0.2, -0.15) is 0 Å². The highest BCUT2D eigenvalue weighted by atomic mass is 16.2. The van der Waals surface area contributed by atoms with Crippen LogP contribution in [-0.2, 0) is 13.6 Å². The Morgan fingerprint density at radius 1 is 1.14 bits per heavy atom. The largest absolute Gasteiger partial charge is 0.383 e. The van der Waals surface area contributed by atoms with Crippen LogP contribution in [0.15, 0.2) is 33.9 Å². The van der Waals surface area contributed by atoms with Crippen molar-refractivity contribution >= 4 is 11.5 Å². The van der Waals surface area contributed by atoms with Crippen molar-refractivity contribution in [2.75, 3.05) is 24.7 Å². The van der Waals surface area contributed by atoms with E-state index in [9.17, 15) is 9.59 Å². The van der Waals surface area contributed by atoms with Gasteiger partial charge in [-0.1, -0.05) is 29.8 Å². The van der Waals surface area contributed by atoms with Gasteiger partial charge in [-0.05, 0) is 12.5 Å². The van der Waals surface area contributed by atoms with Crippen molar-refractivity contribution in [2.24, 2.45) is 7.05 Å². The van der Waals surface area contributed by atoms with Crippen LogP contribution in [0.2, 0.25) is 0 Å². The van der Waals surface area contributed by atoms with E-state index in [4.69, 9.17) is 5.73 Å². The van der Waals surface area contributed by atoms with Crippen molar-refractivity contribution < 1.29 is 0 Å². The molecular formula is C15H20N4O2. The van der Waals surface area contributed by atoms with Gasteiger partial charge in [0.15, 0.2) is 0 Å². The fourth-order valence-corrected chi connectivity index (χ4v) is 2.20. The molecule has 2 rings (SSSR count). The van der Waals surface area contributed by atoms with Gasteiger partial charge < -0.3 is 10.6 Å². The van der Waals surface area contributed by atoms with Crippen LogP contribution in [0.1, 0.15) is 11.1 Å². The molecule has 0 bridgehead atoms. The second-order valence-corrected chi connectivity index (χ2v) is 5.35. The first-order valence-corrected chi connectivity index (χ1v) is 6.65. The molecular weight excluding hydrogens is 268 g/mol. The van der Waals surface area contributed by atoms with Crippen LogP contribution in [0.4, 0.5) is 11.5 Å². The molecule has 0 unspecified atom stereocenters. The van der Waals surface area contributed by atoms with E-state index in [0.717, 1.165) is 11.1 Å². The van der Waals surface area contributed by atoms with Crippen molar-refractivity contribution in [2.45, 2.75) is 13.5 Å². The number of rotatable bonds is 3. The average molecular weight is 288 g/mol. The van der Waals surface area contributed by atoms with Crippen LogP contribution < -0.4 is 21.9 Å². The van der Waals surface area contributed by atoms with E-state index in [1.54, 1.807) is 26.0 Å². The number of aromatic nitrogens is 2. The Bertz CT molecular complexity index is 770. The predicted octanol–water partition coefficient (Wildman–Crippen LogP) is 0.552. The van der Waals surface area contributed by atoms with Gasteiger partial charge in [0.25, 0.3) is 5.56 Å². The van der Waals surface area contributed by atoms with Crippen molar-refractivity contribution in [3.63, 3.8) is 0 Å². The van der Waals surface area contributed by atoms with E-state index >= 15 is 0 Å². The lowest BCUT2D eigenvalue weighted by atomic mass is 10.1. The Morgan fingerprint density at radius 3 is 2.24 bits per heavy atom. The molecule has 1 aromatic carbocycles. The Balaban J connectivity index is 2.61. The molecule has 21 heavy (non-hydrogen) atoms. The van der Waals surface area contributed by atoms with Crippen LogP contribution in [0, 0.1) is 6.92 Å². The van der Waals surface area contributed by atoms with Crippen LogP contribution in [0.25, 0.3) is 0 Å². The quantitative estimate of drug-likeness (QED) is 0.895. The molecule has 0 aliphatic rings. The molecule has 2 aromatic rings. The maximum atomic E-state index is 12.5. The molecule has 0 fully saturated rings. The lowest BCUT2D eigenvalue weighted by molar-refractivity contribution is 0.644. The van der Waals surface area contributed by atoms with Crippen LogP contribution >= 0.6 is 0 Å². The zero-order chi connectivity index (χ0) is 15.7. The minimum Gasteiger partial charge on any atom is -0.383 e. The lowest BCUT2D eigenvalue weighted by Crippen LogP contribution is -2.42. The number of anilines is 2. The zero-order valence-corrected chi connectivity index (χ0v) is 12.8. The first-order chi connectivity index (χ1) is 9.82. The Kier molecular flexibility index (Phi) is 3.88. The molecule has 0 atom stereocenters. The molecule has 0 aliphatic heterocycles. The van der Waals surface area contributed by atoms with E-state index in [2.05, 4.69) is 0 Å². The Hall–Kier alpha value is -2.50. The third-order valence-corrected chi connectivity index (χ3v) is 3.48. The maximum absolute atomic E-state index is 12.5. The number of nitrogens with two attached hydrogens (primary N) is 1. The van der Waals surface area contributed by atoms with Gasteiger partial charge in [0.2, 0.25) is 0 Å². The first kappa shape index (κ1) is 14.9. The average Bonchev–Trinajstić information content (AvgIpc) is 2.43. The number of nitrogen functional groups attached to an aromatic ring is 1. The molecule has 6 heteroatoms. The molecule has 6 nitrogen and oxygen atoms in total. The minimum atomic E-state index is -0.413. The molecule has 2 N–H and O–H groups in total. The van der Waals surface area contributed by atoms with E-state index in [1.165, 1.54) is 9.13 Å². The van der Waals surface area contributed by atoms with E-state index in [1.807, 2.05) is 31.2 Å². The fourth-order valence-electron chi connectivity index (χ4n) is 2.20. The van der Waals surface area contributed by atoms with E-state index < -0.39 is 5.69 Å². The number of aryl methyl sites for hydroxylation is 1. The molecule has 0 saturated heterocycles. The molecule has 1 heterocycles. The summed E-state index contributed by atoms with van der Waals surface area (Å²) < 4.78 is 2.50. The summed E-state index contributed by atoms with van der Waals surface area (Å²) >= 11 is 0. The normalized spacial score (nSPS) is 10.7. The molecule has 112 valence electrons. The molecule has 0 aliphatic carbocycles. The molecule has 1 aromatic heterocycles. The number of hydrogen-bond donors (Lipinski definition) is 1.